The van der Waals surface area contributed by atoms with Gasteiger partial charge >= 0.3 is 0 Å². The number of hydrogen-bond acceptors (Lipinski definition) is 4. The first kappa shape index (κ1) is 16.2. The van der Waals surface area contributed by atoms with Gasteiger partial charge in [-0.1, -0.05) is 0 Å². The lowest BCUT2D eigenvalue weighted by Crippen LogP contribution is -2.52. The van der Waals surface area contributed by atoms with Gasteiger partial charge < -0.3 is 14.4 Å². The molecule has 4 nitrogen and oxygen atoms in total. The SMILES string of the molecule is CO[C@@H]1C[C@@H](N(C)C)CN(CC2(COC(C)C)CC2)C1. The van der Waals surface area contributed by atoms with Gasteiger partial charge in [-0.3, -0.25) is 4.90 Å². The summed E-state index contributed by atoms with van der Waals surface area (Å²) in [6.07, 6.45) is 4.50. The molecule has 1 heterocycles. The second kappa shape index (κ2) is 6.73. The van der Waals surface area contributed by atoms with Gasteiger partial charge in [-0.25, -0.2) is 0 Å². The van der Waals surface area contributed by atoms with Crippen LogP contribution in [0.2, 0.25) is 0 Å². The molecule has 2 rings (SSSR count). The van der Waals surface area contributed by atoms with Gasteiger partial charge in [0.2, 0.25) is 0 Å². The molecule has 0 aromatic carbocycles. The van der Waals surface area contributed by atoms with Gasteiger partial charge in [-0.15, -0.1) is 0 Å². The fourth-order valence-electron chi connectivity index (χ4n) is 3.13. The van der Waals surface area contributed by atoms with Crippen molar-refractivity contribution in [3.63, 3.8) is 0 Å². The van der Waals surface area contributed by atoms with Crippen LogP contribution in [0, 0.1) is 5.41 Å². The van der Waals surface area contributed by atoms with Crippen LogP contribution < -0.4 is 0 Å². The average Bonchev–Trinajstić information content (AvgIpc) is 3.16. The lowest BCUT2D eigenvalue weighted by Gasteiger charge is -2.41. The third-order valence-corrected chi connectivity index (χ3v) is 4.77. The van der Waals surface area contributed by atoms with Crippen LogP contribution in [-0.2, 0) is 9.47 Å². The molecule has 2 atom stereocenters. The van der Waals surface area contributed by atoms with E-state index >= 15 is 0 Å². The Morgan fingerprint density at radius 3 is 2.45 bits per heavy atom. The molecule has 1 aliphatic carbocycles. The fourth-order valence-corrected chi connectivity index (χ4v) is 3.13. The maximum absolute atomic E-state index is 5.87. The molecule has 0 amide bonds. The van der Waals surface area contributed by atoms with Crippen molar-refractivity contribution in [2.24, 2.45) is 5.41 Å². The zero-order valence-electron chi connectivity index (χ0n) is 13.9. The van der Waals surface area contributed by atoms with Crippen LogP contribution in [0.3, 0.4) is 0 Å². The average molecular weight is 284 g/mol. The van der Waals surface area contributed by atoms with Crippen molar-refractivity contribution in [2.75, 3.05) is 47.4 Å². The molecule has 0 radical (unpaired) electrons. The molecule has 0 aromatic rings. The minimum Gasteiger partial charge on any atom is -0.380 e. The highest BCUT2D eigenvalue weighted by Crippen LogP contribution is 2.47. The van der Waals surface area contributed by atoms with Gasteiger partial charge in [0.25, 0.3) is 0 Å². The predicted molar refractivity (Wildman–Crippen MR) is 82.1 cm³/mol. The molecule has 1 saturated carbocycles. The molecular formula is C16H32N2O2. The van der Waals surface area contributed by atoms with E-state index in [-0.39, 0.29) is 0 Å². The molecule has 2 fully saturated rings. The Labute approximate surface area is 124 Å². The summed E-state index contributed by atoms with van der Waals surface area (Å²) >= 11 is 0. The molecule has 1 aliphatic heterocycles. The summed E-state index contributed by atoms with van der Waals surface area (Å²) in [7, 11) is 6.20. The van der Waals surface area contributed by atoms with Gasteiger partial charge in [0.05, 0.1) is 18.8 Å². The van der Waals surface area contributed by atoms with Crippen LogP contribution in [0.1, 0.15) is 33.1 Å². The molecular weight excluding hydrogens is 252 g/mol. The maximum atomic E-state index is 5.87. The number of nitrogens with zero attached hydrogens (tertiary/aromatic N) is 2. The smallest absolute Gasteiger partial charge is 0.0713 e. The van der Waals surface area contributed by atoms with Crippen molar-refractivity contribution in [2.45, 2.75) is 51.4 Å². The summed E-state index contributed by atoms with van der Waals surface area (Å²) < 4.78 is 11.5. The third-order valence-electron chi connectivity index (χ3n) is 4.77. The lowest BCUT2D eigenvalue weighted by molar-refractivity contribution is -0.0217. The van der Waals surface area contributed by atoms with E-state index in [0.717, 1.165) is 26.1 Å². The van der Waals surface area contributed by atoms with Crippen molar-refractivity contribution in [1.29, 1.82) is 0 Å². The summed E-state index contributed by atoms with van der Waals surface area (Å²) in [5, 5.41) is 0. The van der Waals surface area contributed by atoms with Crippen molar-refractivity contribution >= 4 is 0 Å². The lowest BCUT2D eigenvalue weighted by atomic mass is 9.99. The summed E-state index contributed by atoms with van der Waals surface area (Å²) in [6.45, 7) is 8.58. The Balaban J connectivity index is 1.87. The number of likely N-dealkylation sites (N-methyl/N-ethyl adjacent to an activating group) is 1. The number of piperidine rings is 1. The quantitative estimate of drug-likeness (QED) is 0.712. The van der Waals surface area contributed by atoms with E-state index in [1.807, 2.05) is 7.11 Å². The summed E-state index contributed by atoms with van der Waals surface area (Å²) in [5.41, 5.74) is 0.427. The molecule has 0 N–H and O–H groups in total. The Morgan fingerprint density at radius 2 is 1.95 bits per heavy atom. The van der Waals surface area contributed by atoms with Gasteiger partial charge in [0.15, 0.2) is 0 Å². The van der Waals surface area contributed by atoms with Crippen LogP contribution in [0.25, 0.3) is 0 Å². The number of rotatable bonds is 7. The Hall–Kier alpha value is -0.160. The van der Waals surface area contributed by atoms with Gasteiger partial charge in [-0.05, 0) is 47.2 Å². The van der Waals surface area contributed by atoms with Crippen molar-refractivity contribution < 1.29 is 9.47 Å². The van der Waals surface area contributed by atoms with Gasteiger partial charge in [0, 0.05) is 38.2 Å². The van der Waals surface area contributed by atoms with E-state index in [9.17, 15) is 0 Å². The maximum Gasteiger partial charge on any atom is 0.0713 e. The molecule has 0 aromatic heterocycles. The minimum atomic E-state index is 0.343. The zero-order valence-corrected chi connectivity index (χ0v) is 13.9. The number of methoxy groups -OCH3 is 1. The Morgan fingerprint density at radius 1 is 1.25 bits per heavy atom. The van der Waals surface area contributed by atoms with Crippen LogP contribution >= 0.6 is 0 Å². The Bertz CT molecular complexity index is 303. The van der Waals surface area contributed by atoms with Crippen LogP contribution in [0.5, 0.6) is 0 Å². The molecule has 0 spiro atoms. The molecule has 2 aliphatic rings. The highest BCUT2D eigenvalue weighted by molar-refractivity contribution is 4.97. The van der Waals surface area contributed by atoms with E-state index in [1.165, 1.54) is 19.4 Å². The van der Waals surface area contributed by atoms with Gasteiger partial charge in [-0.2, -0.15) is 0 Å². The first-order valence-corrected chi connectivity index (χ1v) is 7.97. The molecule has 118 valence electrons. The summed E-state index contributed by atoms with van der Waals surface area (Å²) in [6, 6.07) is 0.607. The van der Waals surface area contributed by atoms with E-state index < -0.39 is 0 Å². The molecule has 0 unspecified atom stereocenters. The molecule has 0 bridgehead atoms. The van der Waals surface area contributed by atoms with E-state index in [0.29, 0.717) is 23.7 Å². The van der Waals surface area contributed by atoms with Crippen molar-refractivity contribution in [3.8, 4) is 0 Å². The standard InChI is InChI=1S/C16H32N2O2/c1-13(2)20-12-16(6-7-16)11-18-9-14(17(3)4)8-15(10-18)19-5/h13-15H,6-12H2,1-5H3/t14-,15-/m1/s1. The van der Waals surface area contributed by atoms with Crippen LogP contribution in [0.4, 0.5) is 0 Å². The normalized spacial score (nSPS) is 30.1. The van der Waals surface area contributed by atoms with E-state index in [1.54, 1.807) is 0 Å². The van der Waals surface area contributed by atoms with Crippen LogP contribution in [-0.4, -0.2) is 75.5 Å². The monoisotopic (exact) mass is 284 g/mol. The first-order chi connectivity index (χ1) is 9.44. The topological polar surface area (TPSA) is 24.9 Å². The molecule has 1 saturated heterocycles. The number of likely N-dealkylation sites (tertiary alicyclic amines) is 1. The van der Waals surface area contributed by atoms with Crippen molar-refractivity contribution in [3.05, 3.63) is 0 Å². The summed E-state index contributed by atoms with van der Waals surface area (Å²) in [4.78, 5) is 4.93. The second-order valence-corrected chi connectivity index (χ2v) is 7.26. The number of ether oxygens (including phenoxy) is 2. The zero-order chi connectivity index (χ0) is 14.8. The molecule has 20 heavy (non-hydrogen) atoms. The Kier molecular flexibility index (Phi) is 5.46. The number of hydrogen-bond donors (Lipinski definition) is 0. The predicted octanol–water partition coefficient (Wildman–Crippen LogP) is 1.84. The third kappa shape index (κ3) is 4.42. The second-order valence-electron chi connectivity index (χ2n) is 7.26. The first-order valence-electron chi connectivity index (χ1n) is 7.97. The van der Waals surface area contributed by atoms with E-state index in [2.05, 4.69) is 37.7 Å². The highest BCUT2D eigenvalue weighted by Gasteiger charge is 2.45. The largest absolute Gasteiger partial charge is 0.380 e. The summed E-state index contributed by atoms with van der Waals surface area (Å²) in [5.74, 6) is 0. The van der Waals surface area contributed by atoms with Crippen molar-refractivity contribution in [1.82, 2.24) is 9.80 Å². The minimum absolute atomic E-state index is 0.343. The molecule has 4 heteroatoms. The fraction of sp³-hybridized carbons (Fsp3) is 1.00. The van der Waals surface area contributed by atoms with Crippen LogP contribution in [0.15, 0.2) is 0 Å². The van der Waals surface area contributed by atoms with Gasteiger partial charge in [0.1, 0.15) is 0 Å². The van der Waals surface area contributed by atoms with E-state index in [4.69, 9.17) is 9.47 Å². The highest BCUT2D eigenvalue weighted by atomic mass is 16.5.